The van der Waals surface area contributed by atoms with Gasteiger partial charge in [-0.25, -0.2) is 0 Å². The summed E-state index contributed by atoms with van der Waals surface area (Å²) in [6.07, 6.45) is -18.0. The van der Waals surface area contributed by atoms with Crippen LogP contribution in [0, 0.1) is 0 Å². The van der Waals surface area contributed by atoms with Crippen molar-refractivity contribution in [3.05, 3.63) is 25.3 Å². The van der Waals surface area contributed by atoms with Crippen LogP contribution in [0.3, 0.4) is 0 Å². The highest BCUT2D eigenvalue weighted by molar-refractivity contribution is 5.05. The van der Waals surface area contributed by atoms with Crippen LogP contribution in [0.15, 0.2) is 25.3 Å². The maximum absolute atomic E-state index is 11.5. The van der Waals surface area contributed by atoms with Crippen LogP contribution in [-0.2, 0) is 37.9 Å². The fraction of sp³-hybridized carbons (Fsp3) is 0.895. The van der Waals surface area contributed by atoms with E-state index in [2.05, 4.69) is 13.2 Å². The van der Waals surface area contributed by atoms with Crippen molar-refractivity contribution >= 4 is 0 Å². The van der Waals surface area contributed by atoms with E-state index in [-0.39, 0.29) is 38.9 Å². The van der Waals surface area contributed by atoms with E-state index in [0.29, 0.717) is 25.7 Å². The molecule has 350 valence electrons. The first-order chi connectivity index (χ1) is 28.6. The Morgan fingerprint density at radius 3 is 1.00 bits per heavy atom. The lowest BCUT2D eigenvalue weighted by molar-refractivity contribution is -0.437. The standard InChI is InChI=1S/C38H66O22/c1-3-13-53-29-23(17-41)57-35(33(51)27(29)47,59-37(19-43)31(49)25(45)21(15-39)55-37)11-9-7-5-6-8-10-12-36(60-38(20-44)32(50)26(46)22(16-40)56-38)34(52)28(48)30(54-14-4-2)24(18-42)58-36/h3-4,21-34,39-52H,1-2,5-20H2/t21-,22-,23-,24-,25-,26-,27+,28+,29-,30-,31+,32+,33-,34-,35+,36+,37?,38?/m1/s1. The summed E-state index contributed by atoms with van der Waals surface area (Å²) in [5.41, 5.74) is 0. The first-order valence-electron chi connectivity index (χ1n) is 20.3. The molecule has 22 nitrogen and oxygen atoms in total. The summed E-state index contributed by atoms with van der Waals surface area (Å²) in [7, 11) is 0. The van der Waals surface area contributed by atoms with Gasteiger partial charge in [-0.3, -0.25) is 0 Å². The van der Waals surface area contributed by atoms with Crippen molar-refractivity contribution in [2.45, 2.75) is 160 Å². The molecule has 4 fully saturated rings. The Morgan fingerprint density at radius 2 is 0.717 bits per heavy atom. The zero-order valence-corrected chi connectivity index (χ0v) is 33.5. The van der Waals surface area contributed by atoms with Crippen molar-refractivity contribution in [2.75, 3.05) is 52.9 Å². The van der Waals surface area contributed by atoms with Crippen LogP contribution in [0.5, 0.6) is 0 Å². The van der Waals surface area contributed by atoms with Crippen molar-refractivity contribution in [3.8, 4) is 0 Å². The number of hydrogen-bond acceptors (Lipinski definition) is 22. The molecule has 0 radical (unpaired) electrons. The zero-order chi connectivity index (χ0) is 44.5. The molecule has 22 heteroatoms. The molecule has 14 N–H and O–H groups in total. The Hall–Kier alpha value is -1.40. The number of hydrogen-bond donors (Lipinski definition) is 14. The monoisotopic (exact) mass is 874 g/mol. The molecular weight excluding hydrogens is 808 g/mol. The summed E-state index contributed by atoms with van der Waals surface area (Å²) in [6, 6.07) is 0. The zero-order valence-electron chi connectivity index (χ0n) is 33.5. The van der Waals surface area contributed by atoms with Crippen molar-refractivity contribution < 1.29 is 109 Å². The van der Waals surface area contributed by atoms with Crippen molar-refractivity contribution in [2.24, 2.45) is 0 Å². The number of rotatable bonds is 25. The van der Waals surface area contributed by atoms with Gasteiger partial charge in [0.1, 0.15) is 98.7 Å². The summed E-state index contributed by atoms with van der Waals surface area (Å²) >= 11 is 0. The Bertz CT molecular complexity index is 1220. The molecule has 0 bridgehead atoms. The molecule has 18 atom stereocenters. The minimum absolute atomic E-state index is 0.0775. The summed E-state index contributed by atoms with van der Waals surface area (Å²) in [5.74, 6) is -9.39. The molecule has 4 aliphatic rings. The lowest BCUT2D eigenvalue weighted by atomic mass is 9.87. The first-order valence-corrected chi connectivity index (χ1v) is 20.3. The molecule has 4 aliphatic heterocycles. The maximum atomic E-state index is 11.5. The predicted octanol–water partition coefficient (Wildman–Crippen LogP) is -5.50. The van der Waals surface area contributed by atoms with Crippen molar-refractivity contribution in [1.82, 2.24) is 0 Å². The van der Waals surface area contributed by atoms with Gasteiger partial charge in [0.25, 0.3) is 0 Å². The quantitative estimate of drug-likeness (QED) is 0.0300. The fourth-order valence-electron chi connectivity index (χ4n) is 8.38. The highest BCUT2D eigenvalue weighted by Gasteiger charge is 2.65. The average molecular weight is 875 g/mol. The third-order valence-electron chi connectivity index (χ3n) is 11.6. The van der Waals surface area contributed by atoms with Gasteiger partial charge < -0.3 is 109 Å². The summed E-state index contributed by atoms with van der Waals surface area (Å²) in [4.78, 5) is 0. The first kappa shape index (κ1) is 51.2. The maximum Gasteiger partial charge on any atom is 0.224 e. The van der Waals surface area contributed by atoms with Gasteiger partial charge in [-0.05, 0) is 12.8 Å². The number of aliphatic hydroxyl groups excluding tert-OH is 14. The van der Waals surface area contributed by atoms with E-state index in [4.69, 9.17) is 37.9 Å². The van der Waals surface area contributed by atoms with Gasteiger partial charge in [-0.1, -0.05) is 37.8 Å². The molecule has 2 unspecified atom stereocenters. The molecule has 60 heavy (non-hydrogen) atoms. The predicted molar refractivity (Wildman–Crippen MR) is 200 cm³/mol. The van der Waals surface area contributed by atoms with Crippen LogP contribution < -0.4 is 0 Å². The van der Waals surface area contributed by atoms with Crippen LogP contribution in [0.4, 0.5) is 0 Å². The van der Waals surface area contributed by atoms with E-state index in [1.165, 1.54) is 12.2 Å². The number of ether oxygens (including phenoxy) is 8. The van der Waals surface area contributed by atoms with Gasteiger partial charge in [0, 0.05) is 12.8 Å². The van der Waals surface area contributed by atoms with Crippen LogP contribution in [0.1, 0.15) is 51.4 Å². The van der Waals surface area contributed by atoms with Gasteiger partial charge in [-0.15, -0.1) is 13.2 Å². The molecule has 0 amide bonds. The normalized spacial score (nSPS) is 44.6. The molecular formula is C38H66O22. The van der Waals surface area contributed by atoms with Crippen LogP contribution in [-0.4, -0.2) is 233 Å². The van der Waals surface area contributed by atoms with Gasteiger partial charge >= 0.3 is 0 Å². The Morgan fingerprint density at radius 1 is 0.417 bits per heavy atom. The fourth-order valence-corrected chi connectivity index (χ4v) is 8.38. The highest BCUT2D eigenvalue weighted by Crippen LogP contribution is 2.45. The summed E-state index contributed by atoms with van der Waals surface area (Å²) in [5, 5.41) is 149. The third kappa shape index (κ3) is 10.4. The molecule has 0 aromatic heterocycles. The second kappa shape index (κ2) is 22.5. The molecule has 0 spiro atoms. The average Bonchev–Trinajstić information content (AvgIpc) is 3.64. The van der Waals surface area contributed by atoms with E-state index in [9.17, 15) is 71.5 Å². The molecule has 0 saturated carbocycles. The number of unbranched alkanes of at least 4 members (excludes halogenated alkanes) is 5. The van der Waals surface area contributed by atoms with Gasteiger partial charge in [0.05, 0.1) is 39.6 Å². The van der Waals surface area contributed by atoms with Crippen LogP contribution in [0.2, 0.25) is 0 Å². The van der Waals surface area contributed by atoms with Crippen molar-refractivity contribution in [1.29, 1.82) is 0 Å². The summed E-state index contributed by atoms with van der Waals surface area (Å²) in [6.45, 7) is 1.82. The largest absolute Gasteiger partial charge is 0.394 e. The van der Waals surface area contributed by atoms with Crippen LogP contribution >= 0.6 is 0 Å². The van der Waals surface area contributed by atoms with Crippen LogP contribution in [0.25, 0.3) is 0 Å². The molecule has 0 aliphatic carbocycles. The van der Waals surface area contributed by atoms with Gasteiger partial charge in [0.2, 0.25) is 23.1 Å². The SMILES string of the molecule is C=CCO[C@H]1[C@H](O)[C@@H](O)[C@](CCCCCCCC[C@@]2(OC3(CO)O[C@H](CO)[C@@H](O)[C@@H]3O)O[C@H](CO)[C@@H](OCC=C)[C@H](O)[C@H]2O)(OC2(CO)O[C@H](CO)[C@@H](O)[C@@H]2O)O[C@@H]1CO. The smallest absolute Gasteiger partial charge is 0.224 e. The lowest BCUT2D eigenvalue weighted by Crippen LogP contribution is -2.69. The minimum Gasteiger partial charge on any atom is -0.394 e. The number of aliphatic hydroxyl groups is 14. The van der Waals surface area contributed by atoms with E-state index in [1.807, 2.05) is 0 Å². The Balaban J connectivity index is 1.47. The molecule has 4 rings (SSSR count). The Kier molecular flexibility index (Phi) is 19.2. The minimum atomic E-state index is -2.43. The second-order valence-corrected chi connectivity index (χ2v) is 15.7. The molecule has 0 aromatic rings. The van der Waals surface area contributed by atoms with Crippen molar-refractivity contribution in [3.63, 3.8) is 0 Å². The van der Waals surface area contributed by atoms with E-state index in [1.54, 1.807) is 0 Å². The molecule has 0 aromatic carbocycles. The van der Waals surface area contributed by atoms with E-state index in [0.717, 1.165) is 0 Å². The Labute approximate surface area is 347 Å². The molecule has 4 heterocycles. The summed E-state index contributed by atoms with van der Waals surface area (Å²) < 4.78 is 46.5. The topological polar surface area (TPSA) is 357 Å². The van der Waals surface area contributed by atoms with E-state index >= 15 is 0 Å². The second-order valence-electron chi connectivity index (χ2n) is 15.7. The van der Waals surface area contributed by atoms with Gasteiger partial charge in [-0.2, -0.15) is 0 Å². The highest BCUT2D eigenvalue weighted by atomic mass is 16.8. The third-order valence-corrected chi connectivity index (χ3v) is 11.6. The molecule has 4 saturated heterocycles. The van der Waals surface area contributed by atoms with E-state index < -0.39 is 148 Å². The lowest BCUT2D eigenvalue weighted by Gasteiger charge is -2.52. The van der Waals surface area contributed by atoms with Gasteiger partial charge in [0.15, 0.2) is 0 Å².